The van der Waals surface area contributed by atoms with E-state index in [-0.39, 0.29) is 0 Å². The number of hydrogen-bond acceptors (Lipinski definition) is 2. The van der Waals surface area contributed by atoms with Crippen molar-refractivity contribution in [1.82, 2.24) is 0 Å². The van der Waals surface area contributed by atoms with E-state index in [1.165, 1.54) is 38.2 Å². The van der Waals surface area contributed by atoms with Gasteiger partial charge in [0.15, 0.2) is 0 Å². The average Bonchev–Trinajstić information content (AvgIpc) is 3.50. The minimum Gasteiger partial charge on any atom is -0.456 e. The van der Waals surface area contributed by atoms with Crippen LogP contribution < -0.4 is 4.90 Å². The van der Waals surface area contributed by atoms with Crippen LogP contribution in [0.3, 0.4) is 0 Å². The highest BCUT2D eigenvalue weighted by Gasteiger charge is 2.21. The molecule has 1 heterocycles. The van der Waals surface area contributed by atoms with Gasteiger partial charge >= 0.3 is 0 Å². The monoisotopic (exact) mass is 587 g/mol. The van der Waals surface area contributed by atoms with Crippen LogP contribution in [-0.4, -0.2) is 0 Å². The van der Waals surface area contributed by atoms with Crippen LogP contribution in [0.4, 0.5) is 17.1 Å². The molecule has 0 bridgehead atoms. The van der Waals surface area contributed by atoms with Gasteiger partial charge in [0.05, 0.1) is 5.69 Å². The summed E-state index contributed by atoms with van der Waals surface area (Å²) in [5, 5.41) is 7.09. The third kappa shape index (κ3) is 4.43. The molecule has 0 aliphatic rings. The number of fused-ring (bicyclic) bond motifs is 5. The van der Waals surface area contributed by atoms with Crippen molar-refractivity contribution >= 4 is 60.5 Å². The summed E-state index contributed by atoms with van der Waals surface area (Å²) in [6.45, 7) is 0. The lowest BCUT2D eigenvalue weighted by molar-refractivity contribution is 0.669. The van der Waals surface area contributed by atoms with Crippen molar-refractivity contribution in [3.8, 4) is 22.3 Å². The Morgan fingerprint density at radius 1 is 0.348 bits per heavy atom. The molecular weight excluding hydrogens is 558 g/mol. The molecule has 9 aromatic rings. The molecule has 0 radical (unpaired) electrons. The van der Waals surface area contributed by atoms with Crippen molar-refractivity contribution in [3.05, 3.63) is 176 Å². The molecule has 9 rings (SSSR count). The highest BCUT2D eigenvalue weighted by molar-refractivity contribution is 6.10. The van der Waals surface area contributed by atoms with Crippen LogP contribution in [0.25, 0.3) is 65.7 Å². The van der Waals surface area contributed by atoms with E-state index in [0.29, 0.717) is 0 Å². The second-order valence-electron chi connectivity index (χ2n) is 11.8. The topological polar surface area (TPSA) is 16.4 Å². The van der Waals surface area contributed by atoms with Crippen molar-refractivity contribution in [3.63, 3.8) is 0 Å². The lowest BCUT2D eigenvalue weighted by Crippen LogP contribution is -2.11. The molecule has 1 aromatic heterocycles. The number of para-hydroxylation sites is 1. The van der Waals surface area contributed by atoms with Gasteiger partial charge in [0.1, 0.15) is 11.2 Å². The number of hydrogen-bond donors (Lipinski definition) is 0. The highest BCUT2D eigenvalue weighted by atomic mass is 16.3. The Morgan fingerprint density at radius 3 is 1.80 bits per heavy atom. The van der Waals surface area contributed by atoms with Gasteiger partial charge < -0.3 is 9.32 Å². The van der Waals surface area contributed by atoms with Gasteiger partial charge in [-0.25, -0.2) is 0 Å². The van der Waals surface area contributed by atoms with Gasteiger partial charge in [-0.05, 0) is 86.8 Å². The fourth-order valence-corrected chi connectivity index (χ4v) is 6.81. The largest absolute Gasteiger partial charge is 0.456 e. The predicted octanol–water partition coefficient (Wildman–Crippen LogP) is 12.7. The highest BCUT2D eigenvalue weighted by Crippen LogP contribution is 2.46. The van der Waals surface area contributed by atoms with Gasteiger partial charge in [-0.2, -0.15) is 0 Å². The van der Waals surface area contributed by atoms with Gasteiger partial charge in [0.2, 0.25) is 0 Å². The van der Waals surface area contributed by atoms with Gasteiger partial charge in [-0.1, -0.05) is 127 Å². The summed E-state index contributed by atoms with van der Waals surface area (Å²) < 4.78 is 6.23. The van der Waals surface area contributed by atoms with E-state index in [1.54, 1.807) is 0 Å². The van der Waals surface area contributed by atoms with E-state index >= 15 is 0 Å². The Morgan fingerprint density at radius 2 is 0.957 bits per heavy atom. The Labute approximate surface area is 267 Å². The third-order valence-electron chi connectivity index (χ3n) is 9.04. The van der Waals surface area contributed by atoms with Crippen LogP contribution >= 0.6 is 0 Å². The predicted molar refractivity (Wildman–Crippen MR) is 194 cm³/mol. The van der Waals surface area contributed by atoms with Crippen molar-refractivity contribution in [2.45, 2.75) is 0 Å². The molecule has 0 N–H and O–H groups in total. The van der Waals surface area contributed by atoms with Crippen molar-refractivity contribution in [1.29, 1.82) is 0 Å². The zero-order valence-electron chi connectivity index (χ0n) is 25.1. The van der Waals surface area contributed by atoms with Crippen LogP contribution in [0.5, 0.6) is 0 Å². The minimum absolute atomic E-state index is 0.898. The van der Waals surface area contributed by atoms with Crippen LogP contribution in [0.1, 0.15) is 0 Å². The summed E-state index contributed by atoms with van der Waals surface area (Å²) in [5.41, 5.74) is 9.87. The molecular formula is C44H29NO. The van der Waals surface area contributed by atoms with Gasteiger partial charge in [-0.3, -0.25) is 0 Å². The van der Waals surface area contributed by atoms with Crippen molar-refractivity contribution < 1.29 is 4.42 Å². The number of benzene rings is 8. The molecule has 0 saturated heterocycles. The Hall–Kier alpha value is -6.12. The van der Waals surface area contributed by atoms with E-state index in [0.717, 1.165) is 44.6 Å². The van der Waals surface area contributed by atoms with Gasteiger partial charge in [0.25, 0.3) is 0 Å². The summed E-state index contributed by atoms with van der Waals surface area (Å²) in [4.78, 5) is 2.40. The number of rotatable bonds is 5. The lowest BCUT2D eigenvalue weighted by Gasteiger charge is -2.29. The molecule has 2 nitrogen and oxygen atoms in total. The number of anilines is 3. The first-order chi connectivity index (χ1) is 22.8. The molecule has 0 fully saturated rings. The molecule has 0 aliphatic carbocycles. The molecule has 2 heteroatoms. The SMILES string of the molecule is c1ccc(-c2ccc(N(c3ccc4ccccc4c3)c3ccc4ccccc4c3-c3ccc4oc5ccccc5c4c3)cc2)cc1. The van der Waals surface area contributed by atoms with Gasteiger partial charge in [-0.15, -0.1) is 0 Å². The molecule has 46 heavy (non-hydrogen) atoms. The molecule has 0 atom stereocenters. The van der Waals surface area contributed by atoms with Crippen LogP contribution in [-0.2, 0) is 0 Å². The summed E-state index contributed by atoms with van der Waals surface area (Å²) in [6.07, 6.45) is 0. The maximum absolute atomic E-state index is 6.23. The quantitative estimate of drug-likeness (QED) is 0.199. The number of nitrogens with zero attached hydrogens (tertiary/aromatic N) is 1. The number of furan rings is 1. The summed E-state index contributed by atoms with van der Waals surface area (Å²) in [6, 6.07) is 62.9. The molecule has 0 unspecified atom stereocenters. The van der Waals surface area contributed by atoms with Crippen LogP contribution in [0.2, 0.25) is 0 Å². The molecule has 0 spiro atoms. The van der Waals surface area contributed by atoms with E-state index in [1.807, 2.05) is 12.1 Å². The summed E-state index contributed by atoms with van der Waals surface area (Å²) in [5.74, 6) is 0. The fourth-order valence-electron chi connectivity index (χ4n) is 6.81. The maximum Gasteiger partial charge on any atom is 0.135 e. The second kappa shape index (κ2) is 10.8. The maximum atomic E-state index is 6.23. The van der Waals surface area contributed by atoms with Crippen LogP contribution in [0.15, 0.2) is 180 Å². The van der Waals surface area contributed by atoms with E-state index in [4.69, 9.17) is 4.42 Å². The Kier molecular flexibility index (Phi) is 6.17. The van der Waals surface area contributed by atoms with E-state index in [9.17, 15) is 0 Å². The standard InChI is InChI=1S/C44H29NO/c1-2-10-30(11-3-1)32-18-23-36(24-19-32)45(37-25-20-31-12-4-5-14-34(31)28-37)41-26-21-33-13-6-7-15-38(33)44(41)35-22-27-43-40(29-35)39-16-8-9-17-42(39)46-43/h1-29H. The molecule has 216 valence electrons. The smallest absolute Gasteiger partial charge is 0.135 e. The van der Waals surface area contributed by atoms with Crippen molar-refractivity contribution in [2.75, 3.05) is 4.90 Å². The Bertz CT molecular complexity index is 2530. The first-order valence-electron chi connectivity index (χ1n) is 15.7. The third-order valence-corrected chi connectivity index (χ3v) is 9.04. The zero-order chi connectivity index (χ0) is 30.5. The first-order valence-corrected chi connectivity index (χ1v) is 15.7. The fraction of sp³-hybridized carbons (Fsp3) is 0. The Balaban J connectivity index is 1.31. The molecule has 0 saturated carbocycles. The lowest BCUT2D eigenvalue weighted by atomic mass is 9.94. The molecule has 8 aromatic carbocycles. The second-order valence-corrected chi connectivity index (χ2v) is 11.8. The van der Waals surface area contributed by atoms with Gasteiger partial charge in [0, 0.05) is 27.7 Å². The van der Waals surface area contributed by atoms with E-state index < -0.39 is 0 Å². The first kappa shape index (κ1) is 26.3. The zero-order valence-corrected chi connectivity index (χ0v) is 25.1. The van der Waals surface area contributed by atoms with Crippen LogP contribution in [0, 0.1) is 0 Å². The average molecular weight is 588 g/mol. The molecule has 0 amide bonds. The minimum atomic E-state index is 0.898. The van der Waals surface area contributed by atoms with Crippen molar-refractivity contribution in [2.24, 2.45) is 0 Å². The summed E-state index contributed by atoms with van der Waals surface area (Å²) >= 11 is 0. The van der Waals surface area contributed by atoms with E-state index in [2.05, 4.69) is 169 Å². The summed E-state index contributed by atoms with van der Waals surface area (Å²) in [7, 11) is 0. The molecule has 0 aliphatic heterocycles. The normalized spacial score (nSPS) is 11.5.